The second-order valence-electron chi connectivity index (χ2n) is 2.85. The van der Waals surface area contributed by atoms with Crippen molar-refractivity contribution in [2.75, 3.05) is 5.01 Å². The Morgan fingerprint density at radius 1 is 1.67 bits per heavy atom. The fraction of sp³-hybridized carbons (Fsp3) is 0.250. The molecule has 0 fully saturated rings. The van der Waals surface area contributed by atoms with Gasteiger partial charge in [0.25, 0.3) is 0 Å². The first-order valence-electron chi connectivity index (χ1n) is 3.75. The minimum Gasteiger partial charge on any atom is -0.272 e. The molecule has 1 aromatic rings. The minimum absolute atomic E-state index is 0.0938. The number of anilines is 1. The van der Waals surface area contributed by atoms with Crippen molar-refractivity contribution in [1.82, 2.24) is 4.98 Å². The number of pyridine rings is 1. The van der Waals surface area contributed by atoms with Crippen LogP contribution in [0.15, 0.2) is 18.3 Å². The van der Waals surface area contributed by atoms with E-state index >= 15 is 0 Å². The van der Waals surface area contributed by atoms with Crippen molar-refractivity contribution in [2.45, 2.75) is 12.8 Å². The highest BCUT2D eigenvalue weighted by molar-refractivity contribution is 6.02. The van der Waals surface area contributed by atoms with E-state index in [1.807, 2.05) is 19.1 Å². The molecule has 1 aliphatic heterocycles. The molecule has 12 heavy (non-hydrogen) atoms. The third-order valence-corrected chi connectivity index (χ3v) is 2.12. The third kappa shape index (κ3) is 0.753. The number of carbonyl (C=O) groups excluding carboxylic acids is 1. The van der Waals surface area contributed by atoms with Gasteiger partial charge in [-0.3, -0.25) is 4.79 Å². The first-order valence-corrected chi connectivity index (χ1v) is 3.75. The summed E-state index contributed by atoms with van der Waals surface area (Å²) in [6.07, 6.45) is 1.63. The smallest absolute Gasteiger partial charge is 0.249 e. The second kappa shape index (κ2) is 2.28. The average Bonchev–Trinajstić information content (AvgIpc) is 2.33. The van der Waals surface area contributed by atoms with Crippen molar-refractivity contribution in [3.63, 3.8) is 0 Å². The zero-order valence-electron chi connectivity index (χ0n) is 6.69. The quantitative estimate of drug-likeness (QED) is 0.445. The molecule has 0 saturated carbocycles. The van der Waals surface area contributed by atoms with Crippen molar-refractivity contribution < 1.29 is 4.79 Å². The van der Waals surface area contributed by atoms with Gasteiger partial charge in [-0.25, -0.2) is 15.8 Å². The van der Waals surface area contributed by atoms with E-state index in [4.69, 9.17) is 5.84 Å². The molecule has 2 heterocycles. The molecule has 1 aliphatic rings. The Morgan fingerprint density at radius 3 is 3.08 bits per heavy atom. The number of rotatable bonds is 0. The van der Waals surface area contributed by atoms with Crippen LogP contribution in [0.2, 0.25) is 0 Å². The van der Waals surface area contributed by atoms with Crippen molar-refractivity contribution in [1.29, 1.82) is 0 Å². The Bertz CT molecular complexity index is 306. The summed E-state index contributed by atoms with van der Waals surface area (Å²) in [5.41, 5.74) is 0.907. The van der Waals surface area contributed by atoms with E-state index < -0.39 is 0 Å². The van der Waals surface area contributed by atoms with E-state index in [0.29, 0.717) is 5.82 Å². The lowest BCUT2D eigenvalue weighted by Gasteiger charge is -2.06. The van der Waals surface area contributed by atoms with Gasteiger partial charge in [0, 0.05) is 11.8 Å². The molecule has 2 N–H and O–H groups in total. The van der Waals surface area contributed by atoms with E-state index in [1.165, 1.54) is 0 Å². The Balaban J connectivity index is 2.59. The molecule has 4 nitrogen and oxygen atoms in total. The van der Waals surface area contributed by atoms with Gasteiger partial charge in [-0.05, 0) is 13.0 Å². The molecule has 1 atom stereocenters. The predicted molar refractivity (Wildman–Crippen MR) is 44.3 cm³/mol. The summed E-state index contributed by atoms with van der Waals surface area (Å²) in [7, 11) is 0. The topological polar surface area (TPSA) is 59.2 Å². The van der Waals surface area contributed by atoms with Crippen molar-refractivity contribution in [2.24, 2.45) is 5.84 Å². The maximum absolute atomic E-state index is 11.3. The van der Waals surface area contributed by atoms with Crippen LogP contribution in [0.5, 0.6) is 0 Å². The maximum atomic E-state index is 11.3. The fourth-order valence-corrected chi connectivity index (χ4v) is 1.39. The summed E-state index contributed by atoms with van der Waals surface area (Å²) in [4.78, 5) is 15.3. The van der Waals surface area contributed by atoms with Crippen LogP contribution in [0.1, 0.15) is 18.4 Å². The molecule has 0 saturated heterocycles. The Kier molecular flexibility index (Phi) is 1.38. The lowest BCUT2D eigenvalue weighted by atomic mass is 10.1. The van der Waals surface area contributed by atoms with Crippen LogP contribution < -0.4 is 10.9 Å². The molecule has 1 amide bonds. The van der Waals surface area contributed by atoms with Gasteiger partial charge >= 0.3 is 0 Å². The van der Waals surface area contributed by atoms with E-state index in [0.717, 1.165) is 10.6 Å². The van der Waals surface area contributed by atoms with Crippen molar-refractivity contribution in [3.8, 4) is 0 Å². The van der Waals surface area contributed by atoms with Gasteiger partial charge in [-0.1, -0.05) is 6.07 Å². The van der Waals surface area contributed by atoms with Crippen molar-refractivity contribution >= 4 is 11.7 Å². The molecular formula is C8H9N3O. The summed E-state index contributed by atoms with van der Waals surface area (Å²) in [6.45, 7) is 1.83. The molecule has 0 bridgehead atoms. The number of hydrogen-bond donors (Lipinski definition) is 1. The summed E-state index contributed by atoms with van der Waals surface area (Å²) in [6, 6.07) is 3.68. The molecule has 2 rings (SSSR count). The van der Waals surface area contributed by atoms with Crippen LogP contribution in [0.4, 0.5) is 5.82 Å². The Labute approximate surface area is 70.0 Å². The lowest BCUT2D eigenvalue weighted by Crippen LogP contribution is -2.35. The lowest BCUT2D eigenvalue weighted by molar-refractivity contribution is -0.119. The Hall–Kier alpha value is -1.42. The van der Waals surface area contributed by atoms with Gasteiger partial charge < -0.3 is 0 Å². The zero-order valence-corrected chi connectivity index (χ0v) is 6.69. The van der Waals surface area contributed by atoms with Crippen LogP contribution >= 0.6 is 0 Å². The second-order valence-corrected chi connectivity index (χ2v) is 2.85. The van der Waals surface area contributed by atoms with Crippen LogP contribution in [0.25, 0.3) is 0 Å². The molecular weight excluding hydrogens is 154 g/mol. The normalized spacial score (nSPS) is 21.3. The monoisotopic (exact) mass is 163 g/mol. The standard InChI is InChI=1S/C8H9N3O/c1-5-6-3-2-4-10-7(6)11(9)8(5)12/h2-5H,9H2,1H3. The summed E-state index contributed by atoms with van der Waals surface area (Å²) in [5.74, 6) is 5.83. The first kappa shape index (κ1) is 7.24. The van der Waals surface area contributed by atoms with E-state index in [9.17, 15) is 4.79 Å². The summed E-state index contributed by atoms with van der Waals surface area (Å²) >= 11 is 0. The first-order chi connectivity index (χ1) is 5.72. The van der Waals surface area contributed by atoms with Gasteiger partial charge in [0.05, 0.1) is 5.92 Å². The number of amides is 1. The highest BCUT2D eigenvalue weighted by Crippen LogP contribution is 2.32. The van der Waals surface area contributed by atoms with E-state index in [2.05, 4.69) is 4.98 Å². The highest BCUT2D eigenvalue weighted by atomic mass is 16.2. The van der Waals surface area contributed by atoms with E-state index in [1.54, 1.807) is 6.20 Å². The summed E-state index contributed by atoms with van der Waals surface area (Å²) in [5, 5.41) is 1.11. The number of aromatic nitrogens is 1. The molecule has 0 spiro atoms. The molecule has 4 heteroatoms. The number of carbonyl (C=O) groups is 1. The molecule has 0 radical (unpaired) electrons. The number of nitrogens with zero attached hydrogens (tertiary/aromatic N) is 2. The van der Waals surface area contributed by atoms with Gasteiger partial charge in [0.15, 0.2) is 5.82 Å². The average molecular weight is 163 g/mol. The largest absolute Gasteiger partial charge is 0.272 e. The van der Waals surface area contributed by atoms with Crippen LogP contribution in [0.3, 0.4) is 0 Å². The van der Waals surface area contributed by atoms with Crippen LogP contribution in [-0.4, -0.2) is 10.9 Å². The zero-order chi connectivity index (χ0) is 8.72. The minimum atomic E-state index is -0.154. The summed E-state index contributed by atoms with van der Waals surface area (Å²) < 4.78 is 0. The van der Waals surface area contributed by atoms with Gasteiger partial charge in [0.1, 0.15) is 0 Å². The van der Waals surface area contributed by atoms with Crippen LogP contribution in [0, 0.1) is 0 Å². The van der Waals surface area contributed by atoms with Gasteiger partial charge in [-0.15, -0.1) is 0 Å². The maximum Gasteiger partial charge on any atom is 0.249 e. The molecule has 0 aromatic carbocycles. The molecule has 62 valence electrons. The van der Waals surface area contributed by atoms with E-state index in [-0.39, 0.29) is 11.8 Å². The molecule has 1 aromatic heterocycles. The SMILES string of the molecule is CC1C(=O)N(N)c2ncccc21. The number of hydrazine groups is 1. The van der Waals surface area contributed by atoms with Gasteiger partial charge in [-0.2, -0.15) is 0 Å². The molecule has 0 aliphatic carbocycles. The fourth-order valence-electron chi connectivity index (χ4n) is 1.39. The molecule has 1 unspecified atom stereocenters. The van der Waals surface area contributed by atoms with Crippen molar-refractivity contribution in [3.05, 3.63) is 23.9 Å². The van der Waals surface area contributed by atoms with Gasteiger partial charge in [0.2, 0.25) is 5.91 Å². The third-order valence-electron chi connectivity index (χ3n) is 2.12. The number of hydrogen-bond acceptors (Lipinski definition) is 3. The predicted octanol–water partition coefficient (Wildman–Crippen LogP) is 0.405. The Morgan fingerprint density at radius 2 is 2.42 bits per heavy atom. The highest BCUT2D eigenvalue weighted by Gasteiger charge is 2.33. The van der Waals surface area contributed by atoms with Crippen LogP contribution in [-0.2, 0) is 4.79 Å². The number of fused-ring (bicyclic) bond motifs is 1. The number of nitrogens with two attached hydrogens (primary N) is 1.